The van der Waals surface area contributed by atoms with Crippen molar-refractivity contribution in [3.63, 3.8) is 0 Å². The summed E-state index contributed by atoms with van der Waals surface area (Å²) in [4.78, 5) is 72.7. The number of esters is 4. The molecule has 0 rings (SSSR count). The van der Waals surface area contributed by atoms with E-state index in [1.165, 1.54) is 154 Å². The predicted molar refractivity (Wildman–Crippen MR) is 390 cm³/mol. The van der Waals surface area contributed by atoms with E-state index in [1.54, 1.807) is 0 Å². The van der Waals surface area contributed by atoms with Crippen LogP contribution in [0, 0.1) is 17.8 Å². The molecule has 0 aliphatic rings. The van der Waals surface area contributed by atoms with Gasteiger partial charge in [0, 0.05) is 25.7 Å². The number of phosphoric acid groups is 2. The zero-order valence-electron chi connectivity index (χ0n) is 62.3. The molecule has 4 unspecified atom stereocenters. The largest absolute Gasteiger partial charge is 0.472 e. The Morgan fingerprint density at radius 3 is 0.927 bits per heavy atom. The van der Waals surface area contributed by atoms with Crippen LogP contribution < -0.4 is 0 Å². The van der Waals surface area contributed by atoms with Gasteiger partial charge in [-0.2, -0.15) is 0 Å². The fraction of sp³-hybridized carbons (Fsp3) is 0.896. The molecule has 0 heterocycles. The zero-order valence-corrected chi connectivity index (χ0v) is 64.1. The molecule has 0 amide bonds. The fourth-order valence-corrected chi connectivity index (χ4v) is 12.8. The van der Waals surface area contributed by atoms with Crippen molar-refractivity contribution in [3.8, 4) is 0 Å². The van der Waals surface area contributed by atoms with E-state index >= 15 is 0 Å². The molecular formula is C77H146O17P2. The van der Waals surface area contributed by atoms with E-state index in [0.717, 1.165) is 127 Å². The topological polar surface area (TPSA) is 237 Å². The molecule has 0 aliphatic heterocycles. The molecular weight excluding hydrogens is 1260 g/mol. The van der Waals surface area contributed by atoms with E-state index < -0.39 is 97.5 Å². The molecule has 0 spiro atoms. The second kappa shape index (κ2) is 67.1. The monoisotopic (exact) mass is 1410 g/mol. The van der Waals surface area contributed by atoms with Gasteiger partial charge in [-0.1, -0.05) is 317 Å². The first-order valence-electron chi connectivity index (χ1n) is 39.2. The van der Waals surface area contributed by atoms with Gasteiger partial charge in [-0.15, -0.1) is 0 Å². The SMILES string of the molecule is CCCCCC/C=C\C=C/CCCCCCCC(=O)O[C@H](COC(=O)CCCCCCCCC(C)CC)COP(=O)(O)OCC(O)COP(=O)(O)OC[C@@H](COC(=O)CCCCCCCCCC(C)C)OC(=O)CCCCCCCCCCCCCCCCCCCCC(C)C. The van der Waals surface area contributed by atoms with Gasteiger partial charge < -0.3 is 33.8 Å². The van der Waals surface area contributed by atoms with E-state index in [0.29, 0.717) is 31.6 Å². The summed E-state index contributed by atoms with van der Waals surface area (Å²) in [5.41, 5.74) is 0. The van der Waals surface area contributed by atoms with Crippen molar-refractivity contribution in [1.29, 1.82) is 0 Å². The van der Waals surface area contributed by atoms with Crippen LogP contribution in [0.3, 0.4) is 0 Å². The summed E-state index contributed by atoms with van der Waals surface area (Å²) in [6.07, 6.45) is 56.5. The number of phosphoric ester groups is 2. The third-order valence-corrected chi connectivity index (χ3v) is 19.5. The number of aliphatic hydroxyl groups is 1. The number of unbranched alkanes of at least 4 members (excludes halogenated alkanes) is 37. The van der Waals surface area contributed by atoms with Crippen molar-refractivity contribution in [2.24, 2.45) is 17.8 Å². The second-order valence-electron chi connectivity index (χ2n) is 28.3. The molecule has 19 heteroatoms. The van der Waals surface area contributed by atoms with Crippen LogP contribution in [0.2, 0.25) is 0 Å². The van der Waals surface area contributed by atoms with Crippen molar-refractivity contribution in [1.82, 2.24) is 0 Å². The number of hydrogen-bond donors (Lipinski definition) is 3. The van der Waals surface area contributed by atoms with Gasteiger partial charge in [0.1, 0.15) is 19.3 Å². The van der Waals surface area contributed by atoms with Gasteiger partial charge in [0.05, 0.1) is 26.4 Å². The highest BCUT2D eigenvalue weighted by Gasteiger charge is 2.30. The Morgan fingerprint density at radius 2 is 0.615 bits per heavy atom. The summed E-state index contributed by atoms with van der Waals surface area (Å²) in [6.45, 7) is 11.8. The molecule has 96 heavy (non-hydrogen) atoms. The summed E-state index contributed by atoms with van der Waals surface area (Å²) in [6, 6.07) is 0. The normalized spacial score (nSPS) is 14.5. The molecule has 0 saturated heterocycles. The lowest BCUT2D eigenvalue weighted by Gasteiger charge is -2.21. The summed E-state index contributed by atoms with van der Waals surface area (Å²) < 4.78 is 68.4. The van der Waals surface area contributed by atoms with Gasteiger partial charge >= 0.3 is 39.5 Å². The number of carbonyl (C=O) groups excluding carboxylic acids is 4. The van der Waals surface area contributed by atoms with Crippen molar-refractivity contribution in [2.45, 2.75) is 388 Å². The van der Waals surface area contributed by atoms with Gasteiger partial charge in [0.2, 0.25) is 0 Å². The van der Waals surface area contributed by atoms with Crippen LogP contribution in [0.5, 0.6) is 0 Å². The molecule has 566 valence electrons. The molecule has 0 aromatic heterocycles. The molecule has 6 atom stereocenters. The fourth-order valence-electron chi connectivity index (χ4n) is 11.2. The minimum atomic E-state index is -4.96. The number of aliphatic hydroxyl groups excluding tert-OH is 1. The minimum absolute atomic E-state index is 0.0838. The highest BCUT2D eigenvalue weighted by molar-refractivity contribution is 7.47. The van der Waals surface area contributed by atoms with Crippen molar-refractivity contribution in [2.75, 3.05) is 39.6 Å². The van der Waals surface area contributed by atoms with Crippen LogP contribution in [0.1, 0.15) is 370 Å². The highest BCUT2D eigenvalue weighted by atomic mass is 31.2. The standard InChI is InChI=1S/C77H146O17P2/c1-8-10-11-12-13-14-15-16-21-25-28-31-36-46-53-61-77(82)94-73(65-88-75(80)59-52-45-40-39-43-50-57-70(7)9-2)67-92-96(85,86)90-63-71(78)62-89-95(83,84)91-66-72(64-87-74(79)58-51-44-38-33-35-42-49-56-69(5)6)93-76(81)60-54-47-37-32-29-26-23-20-18-17-19-22-24-27-30-34-41-48-55-68(3)4/h14-16,21,68-73,78H,8-13,17-20,22-67H2,1-7H3,(H,83,84)(H,85,86)/b15-14-,21-16-/t70?,71?,72-,73-/m1/s1. The molecule has 3 N–H and O–H groups in total. The third-order valence-electron chi connectivity index (χ3n) is 17.6. The van der Waals surface area contributed by atoms with E-state index in [4.69, 9.17) is 37.0 Å². The van der Waals surface area contributed by atoms with Gasteiger partial charge in [-0.05, 0) is 69.1 Å². The molecule has 0 fully saturated rings. The minimum Gasteiger partial charge on any atom is -0.462 e. The number of allylic oxidation sites excluding steroid dienone is 4. The molecule has 0 aliphatic carbocycles. The second-order valence-corrected chi connectivity index (χ2v) is 31.2. The lowest BCUT2D eigenvalue weighted by molar-refractivity contribution is -0.161. The molecule has 0 saturated carbocycles. The first kappa shape index (κ1) is 93.5. The van der Waals surface area contributed by atoms with Crippen LogP contribution in [0.15, 0.2) is 24.3 Å². The molecule has 17 nitrogen and oxygen atoms in total. The summed E-state index contributed by atoms with van der Waals surface area (Å²) in [5, 5.41) is 10.6. The lowest BCUT2D eigenvalue weighted by atomic mass is 10.00. The average molecular weight is 1410 g/mol. The van der Waals surface area contributed by atoms with Gasteiger partial charge in [0.25, 0.3) is 0 Å². The number of ether oxygens (including phenoxy) is 4. The Labute approximate surface area is 586 Å². The smallest absolute Gasteiger partial charge is 0.462 e. The van der Waals surface area contributed by atoms with E-state index in [2.05, 4.69) is 72.8 Å². The number of carbonyl (C=O) groups is 4. The highest BCUT2D eigenvalue weighted by Crippen LogP contribution is 2.45. The molecule has 0 aromatic rings. The summed E-state index contributed by atoms with van der Waals surface area (Å²) in [7, 11) is -9.92. The van der Waals surface area contributed by atoms with Crippen LogP contribution in [-0.4, -0.2) is 96.7 Å². The Kier molecular flexibility index (Phi) is 65.3. The van der Waals surface area contributed by atoms with Crippen LogP contribution in [-0.2, 0) is 65.4 Å². The van der Waals surface area contributed by atoms with E-state index in [9.17, 15) is 43.2 Å². The zero-order chi connectivity index (χ0) is 70.9. The maximum absolute atomic E-state index is 13.1. The van der Waals surface area contributed by atoms with Crippen molar-refractivity contribution >= 4 is 39.5 Å². The Hall–Kier alpha value is -2.46. The Morgan fingerprint density at radius 1 is 0.344 bits per heavy atom. The average Bonchev–Trinajstić information content (AvgIpc) is 2.16. The number of rotatable bonds is 73. The quantitative estimate of drug-likeness (QED) is 0.0169. The lowest BCUT2D eigenvalue weighted by Crippen LogP contribution is -2.30. The molecule has 0 bridgehead atoms. The van der Waals surface area contributed by atoms with Crippen molar-refractivity contribution < 1.29 is 80.2 Å². The first-order valence-corrected chi connectivity index (χ1v) is 42.2. The summed E-state index contributed by atoms with van der Waals surface area (Å²) in [5.74, 6) is 0.0989. The molecule has 0 aromatic carbocycles. The maximum Gasteiger partial charge on any atom is 0.472 e. The van der Waals surface area contributed by atoms with E-state index in [-0.39, 0.29) is 25.7 Å². The number of hydrogen-bond acceptors (Lipinski definition) is 15. The first-order chi connectivity index (χ1) is 46.3. The van der Waals surface area contributed by atoms with Crippen molar-refractivity contribution in [3.05, 3.63) is 24.3 Å². The van der Waals surface area contributed by atoms with Crippen LogP contribution in [0.4, 0.5) is 0 Å². The van der Waals surface area contributed by atoms with E-state index in [1.807, 2.05) is 0 Å². The predicted octanol–water partition coefficient (Wildman–Crippen LogP) is 22.1. The Balaban J connectivity index is 5.21. The van der Waals surface area contributed by atoms with Gasteiger partial charge in [-0.3, -0.25) is 37.3 Å². The van der Waals surface area contributed by atoms with Gasteiger partial charge in [0.15, 0.2) is 12.2 Å². The summed E-state index contributed by atoms with van der Waals surface area (Å²) >= 11 is 0. The van der Waals surface area contributed by atoms with Crippen LogP contribution in [0.25, 0.3) is 0 Å². The van der Waals surface area contributed by atoms with Gasteiger partial charge in [-0.25, -0.2) is 9.13 Å². The van der Waals surface area contributed by atoms with Crippen LogP contribution >= 0.6 is 15.6 Å². The molecule has 0 radical (unpaired) electrons. The maximum atomic E-state index is 13.1. The Bertz CT molecular complexity index is 1970. The third kappa shape index (κ3) is 68.7.